The number of nitrogens with two attached hydrogens (primary N) is 1. The highest BCUT2D eigenvalue weighted by Gasteiger charge is 2.72. The number of nitrogens with one attached hydrogen (secondary N) is 2. The maximum absolute atomic E-state index is 13.7. The van der Waals surface area contributed by atoms with Gasteiger partial charge in [-0.05, 0) is 25.1 Å². The number of nitrogens with zero attached hydrogens (tertiary/aromatic N) is 2. The molecule has 3 heterocycles. The fourth-order valence-electron chi connectivity index (χ4n) is 5.25. The number of Topliss-reactive ketones (excluding diaryl/α,β-unsaturated/α-hetero) is 2. The van der Waals surface area contributed by atoms with Gasteiger partial charge in [-0.1, -0.05) is 6.07 Å². The molecule has 3 aliphatic heterocycles. The molecular formula is C22H21N5O5. The van der Waals surface area contributed by atoms with Crippen LogP contribution in [0.25, 0.3) is 0 Å². The molecular weight excluding hydrogens is 414 g/mol. The van der Waals surface area contributed by atoms with Crippen molar-refractivity contribution in [1.82, 2.24) is 10.2 Å². The molecule has 1 aromatic carbocycles. The summed E-state index contributed by atoms with van der Waals surface area (Å²) < 4.78 is 11.0. The molecule has 5 rings (SSSR count). The highest BCUT2D eigenvalue weighted by Crippen LogP contribution is 2.55. The number of benzene rings is 1. The number of rotatable bonds is 5. The molecule has 164 valence electrons. The third-order valence-corrected chi connectivity index (χ3v) is 6.69. The van der Waals surface area contributed by atoms with E-state index in [1.54, 1.807) is 31.2 Å². The summed E-state index contributed by atoms with van der Waals surface area (Å²) in [6.45, 7) is 1.90. The summed E-state index contributed by atoms with van der Waals surface area (Å²) in [5.41, 5.74) is 6.04. The predicted octanol–water partition coefficient (Wildman–Crippen LogP) is 0.374. The highest BCUT2D eigenvalue weighted by atomic mass is 16.6. The number of piperazine rings is 1. The number of methoxy groups -OCH3 is 1. The molecule has 0 spiro atoms. The summed E-state index contributed by atoms with van der Waals surface area (Å²) >= 11 is 0. The Morgan fingerprint density at radius 2 is 2.19 bits per heavy atom. The molecule has 2 saturated heterocycles. The average Bonchev–Trinajstić information content (AvgIpc) is 3.39. The summed E-state index contributed by atoms with van der Waals surface area (Å²) in [7, 11) is 1.52. The van der Waals surface area contributed by atoms with Gasteiger partial charge in [-0.3, -0.25) is 9.59 Å². The predicted molar refractivity (Wildman–Crippen MR) is 111 cm³/mol. The van der Waals surface area contributed by atoms with Crippen LogP contribution in [-0.4, -0.2) is 60.6 Å². The number of amides is 1. The van der Waals surface area contributed by atoms with Crippen LogP contribution in [0.5, 0.6) is 0 Å². The molecule has 1 aromatic rings. The number of allylic oxidation sites excluding steroid dienone is 2. The maximum Gasteiger partial charge on any atom is 0.404 e. The first-order chi connectivity index (χ1) is 15.3. The molecule has 10 nitrogen and oxygen atoms in total. The molecule has 32 heavy (non-hydrogen) atoms. The lowest BCUT2D eigenvalue weighted by molar-refractivity contribution is -0.137. The summed E-state index contributed by atoms with van der Waals surface area (Å²) in [5.74, 6) is -1.37. The SMILES string of the molecule is COC12C(COC(N)=O)C3=C(C(=O)C(C)=C(Nc4cccc(C#N)c4)C3=O)N1CC1NC12. The van der Waals surface area contributed by atoms with Gasteiger partial charge in [-0.25, -0.2) is 4.79 Å². The Morgan fingerprint density at radius 1 is 1.41 bits per heavy atom. The van der Waals surface area contributed by atoms with Crippen LogP contribution in [0.15, 0.2) is 46.8 Å². The standard InChI is InChI=1S/C22H21N5O5/c1-10-16(25-12-5-3-4-11(6-12)7-23)19(29)15-13(9-32-21(24)30)22(31-2)20-14(26-20)8-27(22)17(15)18(10)28/h3-6,13-14,20,25-26H,8-9H2,1-2H3,(H2,24,30). The number of anilines is 1. The van der Waals surface area contributed by atoms with Gasteiger partial charge in [0.1, 0.15) is 6.61 Å². The van der Waals surface area contributed by atoms with Crippen molar-refractivity contribution in [2.45, 2.75) is 24.7 Å². The Balaban J connectivity index is 1.57. The van der Waals surface area contributed by atoms with Crippen LogP contribution in [0, 0.1) is 17.2 Å². The highest BCUT2D eigenvalue weighted by molar-refractivity contribution is 6.26. The third kappa shape index (κ3) is 2.62. The molecule has 2 fully saturated rings. The van der Waals surface area contributed by atoms with Gasteiger partial charge in [0.05, 0.1) is 35.0 Å². The molecule has 0 radical (unpaired) electrons. The summed E-state index contributed by atoms with van der Waals surface area (Å²) in [6.07, 6.45) is -0.969. The molecule has 1 aliphatic carbocycles. The number of ketones is 2. The minimum Gasteiger partial charge on any atom is -0.449 e. The van der Waals surface area contributed by atoms with Crippen LogP contribution in [0.1, 0.15) is 12.5 Å². The fraction of sp³-hybridized carbons (Fsp3) is 0.364. The lowest BCUT2D eigenvalue weighted by Crippen LogP contribution is -2.55. The number of primary amides is 1. The van der Waals surface area contributed by atoms with Crippen molar-refractivity contribution in [2.24, 2.45) is 11.7 Å². The van der Waals surface area contributed by atoms with Crippen molar-refractivity contribution in [3.8, 4) is 6.07 Å². The Kier molecular flexibility index (Phi) is 4.37. The minimum absolute atomic E-state index is 0.107. The van der Waals surface area contributed by atoms with Gasteiger partial charge in [0.15, 0.2) is 5.72 Å². The van der Waals surface area contributed by atoms with Crippen LogP contribution >= 0.6 is 0 Å². The molecule has 1 amide bonds. The molecule has 0 saturated carbocycles. The molecule has 10 heteroatoms. The maximum atomic E-state index is 13.7. The van der Waals surface area contributed by atoms with Crippen molar-refractivity contribution in [2.75, 3.05) is 25.6 Å². The number of carbonyl (C=O) groups excluding carboxylic acids is 3. The first-order valence-corrected chi connectivity index (χ1v) is 10.2. The normalized spacial score (nSPS) is 30.0. The van der Waals surface area contributed by atoms with Crippen LogP contribution < -0.4 is 16.4 Å². The van der Waals surface area contributed by atoms with Crippen molar-refractivity contribution in [3.63, 3.8) is 0 Å². The van der Waals surface area contributed by atoms with Crippen LogP contribution in [0.2, 0.25) is 0 Å². The Morgan fingerprint density at radius 3 is 2.88 bits per heavy atom. The van der Waals surface area contributed by atoms with Crippen molar-refractivity contribution in [3.05, 3.63) is 52.4 Å². The van der Waals surface area contributed by atoms with E-state index in [-0.39, 0.29) is 52.8 Å². The first-order valence-electron chi connectivity index (χ1n) is 10.2. The molecule has 4 atom stereocenters. The van der Waals surface area contributed by atoms with Gasteiger partial charge in [0.2, 0.25) is 11.6 Å². The second-order valence-corrected chi connectivity index (χ2v) is 8.24. The second-order valence-electron chi connectivity index (χ2n) is 8.24. The quantitative estimate of drug-likeness (QED) is 0.439. The van der Waals surface area contributed by atoms with Crippen LogP contribution in [0.3, 0.4) is 0 Å². The zero-order valence-electron chi connectivity index (χ0n) is 17.5. The molecule has 4 aliphatic rings. The lowest BCUT2D eigenvalue weighted by Gasteiger charge is -2.39. The van der Waals surface area contributed by atoms with E-state index in [0.29, 0.717) is 17.8 Å². The van der Waals surface area contributed by atoms with Gasteiger partial charge in [0.25, 0.3) is 0 Å². The summed E-state index contributed by atoms with van der Waals surface area (Å²) in [5, 5.41) is 15.5. The zero-order valence-corrected chi connectivity index (χ0v) is 17.5. The number of ether oxygens (including phenoxy) is 2. The first kappa shape index (κ1) is 20.2. The average molecular weight is 435 g/mol. The van der Waals surface area contributed by atoms with Gasteiger partial charge >= 0.3 is 6.09 Å². The van der Waals surface area contributed by atoms with E-state index < -0.39 is 17.7 Å². The summed E-state index contributed by atoms with van der Waals surface area (Å²) in [4.78, 5) is 40.4. The number of hydrogen-bond acceptors (Lipinski definition) is 9. The zero-order chi connectivity index (χ0) is 22.8. The molecule has 4 unspecified atom stereocenters. The van der Waals surface area contributed by atoms with Crippen molar-refractivity contribution >= 4 is 23.3 Å². The van der Waals surface area contributed by atoms with Crippen LogP contribution in [0.4, 0.5) is 10.5 Å². The van der Waals surface area contributed by atoms with Gasteiger partial charge in [-0.15, -0.1) is 0 Å². The van der Waals surface area contributed by atoms with Crippen LogP contribution in [-0.2, 0) is 19.1 Å². The Labute approximate surface area is 183 Å². The molecule has 0 bridgehead atoms. The molecule has 4 N–H and O–H groups in total. The van der Waals surface area contributed by atoms with Gasteiger partial charge < -0.3 is 30.7 Å². The summed E-state index contributed by atoms with van der Waals surface area (Å²) in [6, 6.07) is 8.70. The second kappa shape index (κ2) is 6.91. The third-order valence-electron chi connectivity index (χ3n) is 6.69. The largest absolute Gasteiger partial charge is 0.449 e. The van der Waals surface area contributed by atoms with E-state index in [4.69, 9.17) is 20.5 Å². The number of nitriles is 1. The Bertz CT molecular complexity index is 1180. The van der Waals surface area contributed by atoms with E-state index in [9.17, 15) is 14.4 Å². The Hall–Kier alpha value is -3.68. The van der Waals surface area contributed by atoms with Crippen molar-refractivity contribution in [1.29, 1.82) is 5.26 Å². The monoisotopic (exact) mass is 435 g/mol. The van der Waals surface area contributed by atoms with E-state index in [1.807, 2.05) is 11.0 Å². The minimum atomic E-state index is -1.02. The number of hydrogen-bond donors (Lipinski definition) is 3. The van der Waals surface area contributed by atoms with E-state index >= 15 is 0 Å². The van der Waals surface area contributed by atoms with Gasteiger partial charge in [-0.2, -0.15) is 5.26 Å². The van der Waals surface area contributed by atoms with Gasteiger partial charge in [0, 0.05) is 36.5 Å². The van der Waals surface area contributed by atoms with E-state index in [0.717, 1.165) is 0 Å². The lowest BCUT2D eigenvalue weighted by atomic mass is 9.82. The van der Waals surface area contributed by atoms with E-state index in [1.165, 1.54) is 7.11 Å². The van der Waals surface area contributed by atoms with Crippen molar-refractivity contribution < 1.29 is 23.9 Å². The number of carbonyl (C=O) groups is 3. The topological polar surface area (TPSA) is 157 Å². The fourth-order valence-corrected chi connectivity index (χ4v) is 5.25. The van der Waals surface area contributed by atoms with E-state index in [2.05, 4.69) is 10.6 Å². The smallest absolute Gasteiger partial charge is 0.404 e. The number of fused-ring (bicyclic) bond motifs is 4. The molecule has 0 aromatic heterocycles.